The van der Waals surface area contributed by atoms with Gasteiger partial charge in [0.25, 0.3) is 0 Å². The van der Waals surface area contributed by atoms with Crippen molar-refractivity contribution >= 4 is 0 Å². The molecule has 1 rings (SSSR count). The van der Waals surface area contributed by atoms with Gasteiger partial charge in [0.1, 0.15) is 0 Å². The Morgan fingerprint density at radius 1 is 1.27 bits per heavy atom. The van der Waals surface area contributed by atoms with Gasteiger partial charge in [-0.3, -0.25) is 0 Å². The Bertz CT molecular complexity index is 303. The Kier molecular flexibility index (Phi) is 3.89. The molecule has 0 bridgehead atoms. The molecule has 0 heterocycles. The molecule has 0 aliphatic rings. The molecule has 0 aromatic heterocycles. The van der Waals surface area contributed by atoms with Gasteiger partial charge in [0.2, 0.25) is 0 Å². The fourth-order valence-corrected chi connectivity index (χ4v) is 1.47. The van der Waals surface area contributed by atoms with Gasteiger partial charge in [0, 0.05) is 7.11 Å². The summed E-state index contributed by atoms with van der Waals surface area (Å²) in [4.78, 5) is 0. The monoisotopic (exact) mass is 207 g/mol. The zero-order chi connectivity index (χ0) is 11.5. The zero-order valence-electron chi connectivity index (χ0n) is 10.1. The van der Waals surface area contributed by atoms with Crippen molar-refractivity contribution in [1.82, 2.24) is 0 Å². The number of methoxy groups -OCH3 is 1. The van der Waals surface area contributed by atoms with Crippen molar-refractivity contribution in [3.63, 3.8) is 0 Å². The Labute approximate surface area is 92.4 Å². The van der Waals surface area contributed by atoms with Gasteiger partial charge in [0.05, 0.1) is 5.60 Å². The standard InChI is InChI=1S/C13H21NO/c1-10(9-14)11-5-7-12(8-6-11)13(2,3)15-4/h5-8,10H,9,14H2,1-4H3. The third-order valence-corrected chi connectivity index (χ3v) is 3.04. The lowest BCUT2D eigenvalue weighted by Gasteiger charge is -2.24. The third kappa shape index (κ3) is 2.80. The van der Waals surface area contributed by atoms with Crippen LogP contribution in [0.1, 0.15) is 37.8 Å². The van der Waals surface area contributed by atoms with Gasteiger partial charge in [-0.25, -0.2) is 0 Å². The molecule has 15 heavy (non-hydrogen) atoms. The maximum atomic E-state index is 5.63. The minimum absolute atomic E-state index is 0.218. The van der Waals surface area contributed by atoms with E-state index in [1.807, 2.05) is 0 Å². The molecule has 0 aliphatic heterocycles. The Balaban J connectivity index is 2.90. The molecule has 0 spiro atoms. The van der Waals surface area contributed by atoms with Gasteiger partial charge in [-0.2, -0.15) is 0 Å². The maximum Gasteiger partial charge on any atom is 0.0871 e. The van der Waals surface area contributed by atoms with Crippen LogP contribution in [-0.2, 0) is 10.3 Å². The summed E-state index contributed by atoms with van der Waals surface area (Å²) in [6, 6.07) is 8.50. The molecule has 0 amide bonds. The number of nitrogens with two attached hydrogens (primary N) is 1. The van der Waals surface area contributed by atoms with E-state index in [0.29, 0.717) is 12.5 Å². The van der Waals surface area contributed by atoms with E-state index >= 15 is 0 Å². The molecule has 0 fully saturated rings. The summed E-state index contributed by atoms with van der Waals surface area (Å²) in [6.45, 7) is 6.95. The van der Waals surface area contributed by atoms with Crippen LogP contribution in [0.4, 0.5) is 0 Å². The van der Waals surface area contributed by atoms with Crippen molar-refractivity contribution < 1.29 is 4.74 Å². The van der Waals surface area contributed by atoms with Crippen LogP contribution >= 0.6 is 0 Å². The normalized spacial score (nSPS) is 13.9. The van der Waals surface area contributed by atoms with Gasteiger partial charge in [-0.15, -0.1) is 0 Å². The topological polar surface area (TPSA) is 35.2 Å². The molecule has 2 heteroatoms. The second kappa shape index (κ2) is 4.77. The molecule has 1 unspecified atom stereocenters. The largest absolute Gasteiger partial charge is 0.374 e. The van der Waals surface area contributed by atoms with Crippen LogP contribution in [0.25, 0.3) is 0 Å². The van der Waals surface area contributed by atoms with E-state index in [2.05, 4.69) is 45.0 Å². The Morgan fingerprint density at radius 3 is 2.20 bits per heavy atom. The molecule has 1 atom stereocenters. The van der Waals surface area contributed by atoms with Gasteiger partial charge >= 0.3 is 0 Å². The lowest BCUT2D eigenvalue weighted by molar-refractivity contribution is 0.0192. The summed E-state index contributed by atoms with van der Waals surface area (Å²) in [6.07, 6.45) is 0. The van der Waals surface area contributed by atoms with E-state index in [1.54, 1.807) is 7.11 Å². The SMILES string of the molecule is COC(C)(C)c1ccc(C(C)CN)cc1. The van der Waals surface area contributed by atoms with Crippen molar-refractivity contribution in [3.8, 4) is 0 Å². The number of hydrogen-bond acceptors (Lipinski definition) is 2. The Hall–Kier alpha value is -0.860. The molecule has 2 nitrogen and oxygen atoms in total. The van der Waals surface area contributed by atoms with E-state index in [9.17, 15) is 0 Å². The molecule has 1 aromatic rings. The highest BCUT2D eigenvalue weighted by atomic mass is 16.5. The quantitative estimate of drug-likeness (QED) is 0.823. The number of benzene rings is 1. The molecule has 2 N–H and O–H groups in total. The van der Waals surface area contributed by atoms with Gasteiger partial charge in [-0.1, -0.05) is 31.2 Å². The van der Waals surface area contributed by atoms with Gasteiger partial charge in [-0.05, 0) is 37.4 Å². The first-order valence-corrected chi connectivity index (χ1v) is 5.37. The maximum absolute atomic E-state index is 5.63. The molecular formula is C13H21NO. The average Bonchev–Trinajstić information content (AvgIpc) is 2.28. The predicted molar refractivity (Wildman–Crippen MR) is 63.9 cm³/mol. The molecule has 84 valence electrons. The molecule has 0 saturated heterocycles. The van der Waals surface area contributed by atoms with Crippen LogP contribution in [-0.4, -0.2) is 13.7 Å². The highest BCUT2D eigenvalue weighted by Crippen LogP contribution is 2.25. The number of ether oxygens (including phenoxy) is 1. The highest BCUT2D eigenvalue weighted by molar-refractivity contribution is 5.28. The fraction of sp³-hybridized carbons (Fsp3) is 0.538. The van der Waals surface area contributed by atoms with Crippen molar-refractivity contribution in [2.75, 3.05) is 13.7 Å². The summed E-state index contributed by atoms with van der Waals surface area (Å²) in [5, 5.41) is 0. The van der Waals surface area contributed by atoms with Crippen molar-refractivity contribution in [2.45, 2.75) is 32.3 Å². The summed E-state index contributed by atoms with van der Waals surface area (Å²) in [5.74, 6) is 0.421. The molecule has 0 aliphatic carbocycles. The van der Waals surface area contributed by atoms with Crippen LogP contribution < -0.4 is 5.73 Å². The highest BCUT2D eigenvalue weighted by Gasteiger charge is 2.19. The Morgan fingerprint density at radius 2 is 1.80 bits per heavy atom. The number of rotatable bonds is 4. The van der Waals surface area contributed by atoms with E-state index < -0.39 is 0 Å². The van der Waals surface area contributed by atoms with Crippen LogP contribution in [0.3, 0.4) is 0 Å². The lowest BCUT2D eigenvalue weighted by Crippen LogP contribution is -2.19. The van der Waals surface area contributed by atoms with E-state index in [-0.39, 0.29) is 5.60 Å². The van der Waals surface area contributed by atoms with Crippen molar-refractivity contribution in [3.05, 3.63) is 35.4 Å². The minimum Gasteiger partial charge on any atom is -0.374 e. The second-order valence-corrected chi connectivity index (χ2v) is 4.47. The van der Waals surface area contributed by atoms with Gasteiger partial charge < -0.3 is 10.5 Å². The molecule has 0 saturated carbocycles. The van der Waals surface area contributed by atoms with Gasteiger partial charge in [0.15, 0.2) is 0 Å². The van der Waals surface area contributed by atoms with Crippen LogP contribution in [0, 0.1) is 0 Å². The number of hydrogen-bond donors (Lipinski definition) is 1. The van der Waals surface area contributed by atoms with E-state index in [1.165, 1.54) is 11.1 Å². The predicted octanol–water partition coefficient (Wildman–Crippen LogP) is 2.63. The van der Waals surface area contributed by atoms with Crippen molar-refractivity contribution in [1.29, 1.82) is 0 Å². The average molecular weight is 207 g/mol. The molecular weight excluding hydrogens is 186 g/mol. The first-order valence-electron chi connectivity index (χ1n) is 5.37. The summed E-state index contributed by atoms with van der Waals surface area (Å²) in [7, 11) is 1.73. The van der Waals surface area contributed by atoms with Crippen LogP contribution in [0.2, 0.25) is 0 Å². The molecule has 1 aromatic carbocycles. The van der Waals surface area contributed by atoms with Crippen LogP contribution in [0.5, 0.6) is 0 Å². The summed E-state index contributed by atoms with van der Waals surface area (Å²) < 4.78 is 5.43. The first-order chi connectivity index (χ1) is 7.01. The molecule has 0 radical (unpaired) electrons. The third-order valence-electron chi connectivity index (χ3n) is 3.04. The smallest absolute Gasteiger partial charge is 0.0871 e. The minimum atomic E-state index is -0.218. The first kappa shape index (κ1) is 12.2. The fourth-order valence-electron chi connectivity index (χ4n) is 1.47. The second-order valence-electron chi connectivity index (χ2n) is 4.47. The zero-order valence-corrected chi connectivity index (χ0v) is 10.1. The lowest BCUT2D eigenvalue weighted by atomic mass is 9.94. The van der Waals surface area contributed by atoms with Crippen LogP contribution in [0.15, 0.2) is 24.3 Å². The van der Waals surface area contributed by atoms with E-state index in [0.717, 1.165) is 0 Å². The van der Waals surface area contributed by atoms with E-state index in [4.69, 9.17) is 10.5 Å². The summed E-state index contributed by atoms with van der Waals surface area (Å²) in [5.41, 5.74) is 7.89. The summed E-state index contributed by atoms with van der Waals surface area (Å²) >= 11 is 0. The van der Waals surface area contributed by atoms with Crippen molar-refractivity contribution in [2.24, 2.45) is 5.73 Å².